The summed E-state index contributed by atoms with van der Waals surface area (Å²) in [7, 11) is -3.77. The fraction of sp³-hybridized carbons (Fsp3) is 0.833. The van der Waals surface area contributed by atoms with Crippen LogP contribution in [0.2, 0.25) is 51.1 Å². The zero-order chi connectivity index (χ0) is 23.8. The summed E-state index contributed by atoms with van der Waals surface area (Å²) in [6.45, 7) is 25.8. The van der Waals surface area contributed by atoms with Crippen LogP contribution in [0, 0.1) is 0 Å². The van der Waals surface area contributed by atoms with Gasteiger partial charge in [-0.15, -0.1) is 0 Å². The quantitative estimate of drug-likeness (QED) is 0.237. The first-order valence-electron chi connectivity index (χ1n) is 11.5. The van der Waals surface area contributed by atoms with Crippen molar-refractivity contribution >= 4 is 35.0 Å². The van der Waals surface area contributed by atoms with Gasteiger partial charge < -0.3 is 0 Å². The minimum atomic E-state index is -2.04. The topological polar surface area (TPSA) is 27.7 Å². The summed E-state index contributed by atoms with van der Waals surface area (Å²) in [5.41, 5.74) is 1.35. The molecule has 6 heteroatoms. The molecule has 0 saturated carbocycles. The van der Waals surface area contributed by atoms with Gasteiger partial charge >= 0.3 is 195 Å². The Labute approximate surface area is 194 Å². The van der Waals surface area contributed by atoms with Gasteiger partial charge in [0.25, 0.3) is 0 Å². The molecule has 0 radical (unpaired) electrons. The van der Waals surface area contributed by atoms with Crippen LogP contribution in [0.15, 0.2) is 21.8 Å². The van der Waals surface area contributed by atoms with Crippen LogP contribution in [0.3, 0.4) is 0 Å². The van der Waals surface area contributed by atoms with E-state index in [1.807, 2.05) is 0 Å². The SMILES string of the molecule is C/C(=[CH]\[Sn]([CH3])([CH3])[CH3])[C@@H]1C=C[C@H](O[Si](C)(C)C(C)(C)C)[C@@H](CO[Si](C)(C)C(C)(C)C)O1. The molecule has 0 aromatic heterocycles. The predicted octanol–water partition coefficient (Wildman–Crippen LogP) is 7.55. The zero-order valence-electron chi connectivity index (χ0n) is 22.4. The van der Waals surface area contributed by atoms with Gasteiger partial charge in [0.2, 0.25) is 0 Å². The van der Waals surface area contributed by atoms with Gasteiger partial charge in [-0.2, -0.15) is 0 Å². The second kappa shape index (κ2) is 9.84. The molecule has 0 bridgehead atoms. The third-order valence-corrected chi connectivity index (χ3v) is 19.7. The van der Waals surface area contributed by atoms with Crippen molar-refractivity contribution in [3.8, 4) is 0 Å². The average Bonchev–Trinajstić information content (AvgIpc) is 2.49. The molecule has 176 valence electrons. The summed E-state index contributed by atoms with van der Waals surface area (Å²) in [4.78, 5) is 7.31. The molecule has 0 saturated heterocycles. The van der Waals surface area contributed by atoms with E-state index in [0.717, 1.165) is 0 Å². The Bertz CT molecular complexity index is 634. The third kappa shape index (κ3) is 8.18. The molecule has 1 aliphatic rings. The molecular weight excluding hydrogens is 511 g/mol. The van der Waals surface area contributed by atoms with Crippen LogP contribution < -0.4 is 0 Å². The molecule has 1 aliphatic heterocycles. The first kappa shape index (κ1) is 28.6. The summed E-state index contributed by atoms with van der Waals surface area (Å²) in [6.07, 6.45) is 4.39. The van der Waals surface area contributed by atoms with E-state index in [1.165, 1.54) is 5.57 Å². The van der Waals surface area contributed by atoms with E-state index in [9.17, 15) is 0 Å². The molecule has 0 aliphatic carbocycles. The van der Waals surface area contributed by atoms with Crippen LogP contribution >= 0.6 is 0 Å². The predicted molar refractivity (Wildman–Crippen MR) is 140 cm³/mol. The van der Waals surface area contributed by atoms with Crippen molar-refractivity contribution in [2.45, 2.75) is 118 Å². The Kier molecular flexibility index (Phi) is 9.39. The van der Waals surface area contributed by atoms with Crippen molar-refractivity contribution in [1.82, 2.24) is 0 Å². The van der Waals surface area contributed by atoms with E-state index >= 15 is 0 Å². The summed E-state index contributed by atoms with van der Waals surface area (Å²) in [5, 5.41) is 0.349. The number of rotatable bonds is 7. The van der Waals surface area contributed by atoms with Gasteiger partial charge in [-0.3, -0.25) is 0 Å². The van der Waals surface area contributed by atoms with Gasteiger partial charge in [0.15, 0.2) is 0 Å². The van der Waals surface area contributed by atoms with Crippen molar-refractivity contribution in [3.63, 3.8) is 0 Å². The first-order valence-corrected chi connectivity index (χ1v) is 27.5. The fourth-order valence-electron chi connectivity index (χ4n) is 2.94. The van der Waals surface area contributed by atoms with Crippen molar-refractivity contribution in [2.24, 2.45) is 0 Å². The molecule has 1 heterocycles. The molecule has 3 nitrogen and oxygen atoms in total. The molecule has 0 N–H and O–H groups in total. The van der Waals surface area contributed by atoms with Gasteiger partial charge in [0, 0.05) is 0 Å². The summed E-state index contributed by atoms with van der Waals surface area (Å²) in [6, 6.07) is 0. The third-order valence-electron chi connectivity index (χ3n) is 6.92. The van der Waals surface area contributed by atoms with E-state index in [4.69, 9.17) is 13.6 Å². The van der Waals surface area contributed by atoms with Crippen LogP contribution in [0.1, 0.15) is 48.5 Å². The number of hydrogen-bond donors (Lipinski definition) is 0. The second-order valence-electron chi connectivity index (χ2n) is 13.1. The Balaban J connectivity index is 3.14. The standard InChI is InChI=1S/C21H41O3Si2.3CH3.Sn/c1-16(2)17-13-14-18(24-26(11,12)21(6,7)8)19(23-17)15-22-25(9,10)20(3,4)5;;;;/h1,13-14,17-19H,15H2,2-12H3;3*1H3;/t17-,18-,19+;;;;/m0..../s1. The van der Waals surface area contributed by atoms with Crippen LogP contribution in [-0.4, -0.2) is 59.9 Å². The van der Waals surface area contributed by atoms with Crippen LogP contribution in [0.5, 0.6) is 0 Å². The van der Waals surface area contributed by atoms with Gasteiger partial charge in [0.05, 0.1) is 0 Å². The number of ether oxygens (including phenoxy) is 1. The first-order chi connectivity index (χ1) is 13.2. The normalized spacial score (nSPS) is 25.0. The molecule has 0 spiro atoms. The van der Waals surface area contributed by atoms with Crippen LogP contribution in [-0.2, 0) is 13.6 Å². The van der Waals surface area contributed by atoms with Crippen molar-refractivity contribution in [3.05, 3.63) is 21.8 Å². The second-order valence-corrected chi connectivity index (χ2v) is 37.0. The Hall–Kier alpha value is 0.592. The van der Waals surface area contributed by atoms with Crippen molar-refractivity contribution in [2.75, 3.05) is 6.61 Å². The molecule has 1 rings (SSSR count). The average molecular weight is 562 g/mol. The Morgan fingerprint density at radius 2 is 1.43 bits per heavy atom. The maximum absolute atomic E-state index is 6.79. The summed E-state index contributed by atoms with van der Waals surface area (Å²) in [5.74, 6) is 0. The van der Waals surface area contributed by atoms with Crippen molar-refractivity contribution < 1.29 is 13.6 Å². The van der Waals surface area contributed by atoms with E-state index in [1.54, 1.807) is 0 Å². The van der Waals surface area contributed by atoms with Gasteiger partial charge in [0.1, 0.15) is 0 Å². The Morgan fingerprint density at radius 1 is 0.933 bits per heavy atom. The van der Waals surface area contributed by atoms with Crippen LogP contribution in [0.4, 0.5) is 0 Å². The van der Waals surface area contributed by atoms with E-state index in [-0.39, 0.29) is 28.4 Å². The molecular formula is C24H50O3Si2Sn. The van der Waals surface area contributed by atoms with E-state index in [0.29, 0.717) is 6.61 Å². The van der Waals surface area contributed by atoms with Gasteiger partial charge in [-0.1, -0.05) is 0 Å². The van der Waals surface area contributed by atoms with Gasteiger partial charge in [-0.05, 0) is 0 Å². The van der Waals surface area contributed by atoms with Crippen molar-refractivity contribution in [1.29, 1.82) is 0 Å². The van der Waals surface area contributed by atoms with Crippen LogP contribution in [0.25, 0.3) is 0 Å². The number of hydrogen-bond acceptors (Lipinski definition) is 3. The monoisotopic (exact) mass is 562 g/mol. The zero-order valence-corrected chi connectivity index (χ0v) is 27.3. The molecule has 0 amide bonds. The van der Waals surface area contributed by atoms with Gasteiger partial charge in [-0.25, -0.2) is 0 Å². The molecule has 0 aromatic rings. The molecule has 3 atom stereocenters. The molecule has 0 aromatic carbocycles. The Morgan fingerprint density at radius 3 is 1.87 bits per heavy atom. The minimum absolute atomic E-state index is 0.0354. The summed E-state index contributed by atoms with van der Waals surface area (Å²) < 4.78 is 22.6. The van der Waals surface area contributed by atoms with E-state index < -0.39 is 35.0 Å². The maximum atomic E-state index is 6.79. The molecule has 0 unspecified atom stereocenters. The van der Waals surface area contributed by atoms with E-state index in [2.05, 4.69) is 106 Å². The molecule has 0 fully saturated rings. The molecule has 30 heavy (non-hydrogen) atoms. The fourth-order valence-corrected chi connectivity index (χ4v) is 9.59. The summed E-state index contributed by atoms with van der Waals surface area (Å²) >= 11 is -2.04.